The molecule has 0 saturated heterocycles. The third-order valence-electron chi connectivity index (χ3n) is 1.86. The van der Waals surface area contributed by atoms with Gasteiger partial charge in [-0.15, -0.1) is 13.2 Å². The molecule has 0 aromatic carbocycles. The fraction of sp³-hybridized carbons (Fsp3) is 0.250. The quantitative estimate of drug-likeness (QED) is 0.746. The number of nitrogens with zero attached hydrogens (tertiary/aromatic N) is 2. The van der Waals surface area contributed by atoms with Crippen molar-refractivity contribution in [2.45, 2.75) is 6.36 Å². The van der Waals surface area contributed by atoms with Crippen LogP contribution in [0.4, 0.5) is 19.0 Å². The molecular weight excluding hydrogens is 227 g/mol. The average molecular weight is 233 g/mol. The fourth-order valence-corrected chi connectivity index (χ4v) is 1.27. The Labute approximate surface area is 87.5 Å². The summed E-state index contributed by atoms with van der Waals surface area (Å²) >= 11 is 0. The van der Waals surface area contributed by atoms with Crippen LogP contribution in [-0.2, 0) is 4.74 Å². The van der Waals surface area contributed by atoms with E-state index in [1.807, 2.05) is 0 Å². The number of anilines is 1. The number of esters is 1. The molecule has 0 bridgehead atoms. The maximum Gasteiger partial charge on any atom is 0.575 e. The molecule has 0 radical (unpaired) electrons. The largest absolute Gasteiger partial charge is 0.575 e. The number of nitrogens with one attached hydrogen (secondary N) is 1. The molecule has 0 amide bonds. The van der Waals surface area contributed by atoms with Crippen molar-refractivity contribution in [1.82, 2.24) is 9.78 Å². The summed E-state index contributed by atoms with van der Waals surface area (Å²) in [5.41, 5.74) is -0.248. The summed E-state index contributed by atoms with van der Waals surface area (Å²) in [5.74, 6) is -1.28. The molecule has 0 unspecified atom stereocenters. The van der Waals surface area contributed by atoms with Crippen molar-refractivity contribution in [2.24, 2.45) is 0 Å². The molecule has 1 aliphatic rings. The monoisotopic (exact) mass is 233 g/mol. The summed E-state index contributed by atoms with van der Waals surface area (Å²) < 4.78 is 40.0. The smallest absolute Gasteiger partial charge is 0.369 e. The Bertz CT molecular complexity index is 450. The number of hydrogen-bond donors (Lipinski definition) is 1. The topological polar surface area (TPSA) is 56.1 Å². The molecule has 0 fully saturated rings. The van der Waals surface area contributed by atoms with Crippen molar-refractivity contribution in [1.29, 1.82) is 0 Å². The van der Waals surface area contributed by atoms with Crippen molar-refractivity contribution < 1.29 is 22.7 Å². The van der Waals surface area contributed by atoms with E-state index in [0.29, 0.717) is 6.54 Å². The number of halogens is 3. The van der Waals surface area contributed by atoms with Gasteiger partial charge in [0.05, 0.1) is 6.20 Å². The second-order valence-corrected chi connectivity index (χ2v) is 2.95. The Kier molecular flexibility index (Phi) is 2.33. The minimum Gasteiger partial charge on any atom is -0.369 e. The van der Waals surface area contributed by atoms with Crippen LogP contribution in [0.2, 0.25) is 0 Å². The maximum absolute atomic E-state index is 11.8. The minimum absolute atomic E-state index is 0.191. The first kappa shape index (κ1) is 10.5. The van der Waals surface area contributed by atoms with E-state index in [2.05, 4.69) is 15.2 Å². The minimum atomic E-state index is -4.99. The second-order valence-electron chi connectivity index (χ2n) is 2.95. The lowest BCUT2D eigenvalue weighted by molar-refractivity contribution is -0.291. The van der Waals surface area contributed by atoms with Gasteiger partial charge in [0.1, 0.15) is 11.4 Å². The predicted molar refractivity (Wildman–Crippen MR) is 47.5 cm³/mol. The number of ether oxygens (including phenoxy) is 1. The molecule has 1 aromatic rings. The normalized spacial score (nSPS) is 14.2. The van der Waals surface area contributed by atoms with Gasteiger partial charge < -0.3 is 10.1 Å². The second kappa shape index (κ2) is 3.54. The van der Waals surface area contributed by atoms with Gasteiger partial charge in [0, 0.05) is 12.7 Å². The number of rotatable bonds is 1. The van der Waals surface area contributed by atoms with Crippen LogP contribution in [0, 0.1) is 0 Å². The van der Waals surface area contributed by atoms with E-state index in [1.54, 1.807) is 6.08 Å². The zero-order valence-corrected chi connectivity index (χ0v) is 7.78. The Morgan fingerprint density at radius 3 is 3.00 bits per heavy atom. The van der Waals surface area contributed by atoms with Crippen molar-refractivity contribution in [3.05, 3.63) is 17.8 Å². The number of fused-ring (bicyclic) bond motifs is 1. The maximum atomic E-state index is 11.8. The standard InChI is InChI=1S/C8H6F3N3O2/c9-8(10,11)16-7(15)5-4-13-14-3-1-2-12-6(5)14/h1,3-4,12H,2H2. The van der Waals surface area contributed by atoms with Gasteiger partial charge in [-0.3, -0.25) is 0 Å². The molecule has 1 aromatic heterocycles. The molecule has 16 heavy (non-hydrogen) atoms. The Morgan fingerprint density at radius 1 is 1.56 bits per heavy atom. The van der Waals surface area contributed by atoms with E-state index in [-0.39, 0.29) is 11.4 Å². The first-order valence-corrected chi connectivity index (χ1v) is 4.25. The van der Waals surface area contributed by atoms with E-state index in [4.69, 9.17) is 0 Å². The highest BCUT2D eigenvalue weighted by Gasteiger charge is 2.36. The number of carbonyl (C=O) groups is 1. The van der Waals surface area contributed by atoms with Crippen molar-refractivity contribution >= 4 is 18.0 Å². The predicted octanol–water partition coefficient (Wildman–Crippen LogP) is 1.46. The fourth-order valence-electron chi connectivity index (χ4n) is 1.27. The Hall–Kier alpha value is -1.99. The highest BCUT2D eigenvalue weighted by molar-refractivity contribution is 5.95. The Morgan fingerprint density at radius 2 is 2.31 bits per heavy atom. The summed E-state index contributed by atoms with van der Waals surface area (Å²) in [7, 11) is 0. The van der Waals surface area contributed by atoms with Gasteiger partial charge in [-0.05, 0) is 6.08 Å². The lowest BCUT2D eigenvalue weighted by Gasteiger charge is -2.12. The van der Waals surface area contributed by atoms with Gasteiger partial charge in [0.25, 0.3) is 0 Å². The van der Waals surface area contributed by atoms with Gasteiger partial charge >= 0.3 is 12.3 Å². The van der Waals surface area contributed by atoms with Gasteiger partial charge in [0.2, 0.25) is 0 Å². The summed E-state index contributed by atoms with van der Waals surface area (Å²) in [6.45, 7) is 0.415. The molecule has 86 valence electrons. The van der Waals surface area contributed by atoms with Gasteiger partial charge in [-0.2, -0.15) is 5.10 Å². The number of hydrogen-bond acceptors (Lipinski definition) is 4. The van der Waals surface area contributed by atoms with Crippen molar-refractivity contribution in [2.75, 3.05) is 11.9 Å². The SMILES string of the molecule is O=C(OC(F)(F)F)c1cnn2c1NCC=C2. The summed E-state index contributed by atoms with van der Waals surface area (Å²) in [6, 6.07) is 0. The third-order valence-corrected chi connectivity index (χ3v) is 1.86. The molecule has 2 rings (SSSR count). The molecule has 0 spiro atoms. The third kappa shape index (κ3) is 2.00. The average Bonchev–Trinajstić information content (AvgIpc) is 2.58. The molecule has 1 aliphatic heterocycles. The van der Waals surface area contributed by atoms with Gasteiger partial charge in [-0.25, -0.2) is 9.48 Å². The molecule has 2 heterocycles. The molecular formula is C8H6F3N3O2. The zero-order valence-electron chi connectivity index (χ0n) is 7.78. The first-order chi connectivity index (χ1) is 7.47. The van der Waals surface area contributed by atoms with Crippen LogP contribution in [0.15, 0.2) is 12.3 Å². The number of aromatic nitrogens is 2. The summed E-state index contributed by atoms with van der Waals surface area (Å²) in [4.78, 5) is 11.1. The van der Waals surface area contributed by atoms with E-state index in [9.17, 15) is 18.0 Å². The lowest BCUT2D eigenvalue weighted by Crippen LogP contribution is -2.20. The number of alkyl halides is 3. The van der Waals surface area contributed by atoms with Crippen molar-refractivity contribution in [3.63, 3.8) is 0 Å². The first-order valence-electron chi connectivity index (χ1n) is 4.25. The van der Waals surface area contributed by atoms with Crippen LogP contribution in [0.5, 0.6) is 0 Å². The van der Waals surface area contributed by atoms with Crippen LogP contribution in [0.1, 0.15) is 10.4 Å². The summed E-state index contributed by atoms with van der Waals surface area (Å²) in [6.07, 6.45) is -0.725. The van der Waals surface area contributed by atoms with E-state index in [0.717, 1.165) is 6.20 Å². The Balaban J connectivity index is 2.25. The van der Waals surface area contributed by atoms with Crippen LogP contribution < -0.4 is 5.32 Å². The van der Waals surface area contributed by atoms with Crippen molar-refractivity contribution in [3.8, 4) is 0 Å². The van der Waals surface area contributed by atoms with Crippen LogP contribution in [-0.4, -0.2) is 28.7 Å². The van der Waals surface area contributed by atoms with E-state index < -0.39 is 12.3 Å². The van der Waals surface area contributed by atoms with Crippen LogP contribution >= 0.6 is 0 Å². The molecule has 0 aliphatic carbocycles. The zero-order chi connectivity index (χ0) is 11.8. The highest BCUT2D eigenvalue weighted by Crippen LogP contribution is 2.23. The van der Waals surface area contributed by atoms with E-state index in [1.165, 1.54) is 10.9 Å². The molecule has 1 N–H and O–H groups in total. The highest BCUT2D eigenvalue weighted by atomic mass is 19.4. The van der Waals surface area contributed by atoms with Gasteiger partial charge in [0.15, 0.2) is 0 Å². The lowest BCUT2D eigenvalue weighted by atomic mass is 10.3. The summed E-state index contributed by atoms with van der Waals surface area (Å²) in [5, 5.41) is 6.43. The number of carbonyl (C=O) groups excluding carboxylic acids is 1. The van der Waals surface area contributed by atoms with Crippen LogP contribution in [0.25, 0.3) is 6.20 Å². The molecule has 0 atom stereocenters. The molecule has 0 saturated carbocycles. The van der Waals surface area contributed by atoms with Gasteiger partial charge in [-0.1, -0.05) is 0 Å². The van der Waals surface area contributed by atoms with Crippen LogP contribution in [0.3, 0.4) is 0 Å². The molecule has 5 nitrogen and oxygen atoms in total. The van der Waals surface area contributed by atoms with E-state index >= 15 is 0 Å². The molecule has 8 heteroatoms.